The van der Waals surface area contributed by atoms with E-state index in [4.69, 9.17) is 21.6 Å². The molecule has 0 bridgehead atoms. The van der Waals surface area contributed by atoms with Crippen LogP contribution in [0.4, 0.5) is 11.8 Å². The average Bonchev–Trinajstić information content (AvgIpc) is 2.61. The summed E-state index contributed by atoms with van der Waals surface area (Å²) in [7, 11) is 1.57. The molecule has 7 heteroatoms. The van der Waals surface area contributed by atoms with Crippen molar-refractivity contribution in [2.24, 2.45) is 5.41 Å². The molecule has 2 aromatic rings. The van der Waals surface area contributed by atoms with Gasteiger partial charge in [-0.05, 0) is 17.4 Å². The molecule has 2 rings (SSSR count). The Morgan fingerprint density at radius 2 is 1.97 bits per heavy atom. The highest BCUT2D eigenvalue weighted by molar-refractivity contribution is 5.89. The molecule has 0 radical (unpaired) electrons. The van der Waals surface area contributed by atoms with E-state index >= 15 is 0 Å². The lowest BCUT2D eigenvalue weighted by Crippen LogP contribution is -2.21. The SMILES string of the molecule is C#Cc1cc(Oc2cnc(NC(=O)CC(C)(C)C)nc2N)c(C(C)C)cc1OC. The fourth-order valence-corrected chi connectivity index (χ4v) is 2.69. The molecule has 0 spiro atoms. The number of nitrogens with zero attached hydrogens (tertiary/aromatic N) is 2. The number of amides is 1. The van der Waals surface area contributed by atoms with Gasteiger partial charge in [0.1, 0.15) is 11.5 Å². The lowest BCUT2D eigenvalue weighted by Gasteiger charge is -2.18. The summed E-state index contributed by atoms with van der Waals surface area (Å²) < 4.78 is 11.3. The molecule has 0 aliphatic rings. The summed E-state index contributed by atoms with van der Waals surface area (Å²) in [5.74, 6) is 4.23. The number of hydrogen-bond acceptors (Lipinski definition) is 6. The van der Waals surface area contributed by atoms with Gasteiger partial charge >= 0.3 is 0 Å². The molecule has 1 aromatic carbocycles. The zero-order valence-electron chi connectivity index (χ0n) is 17.8. The predicted molar refractivity (Wildman–Crippen MR) is 114 cm³/mol. The number of aromatic nitrogens is 2. The predicted octanol–water partition coefficient (Wildman–Crippen LogP) is 4.34. The van der Waals surface area contributed by atoms with Gasteiger partial charge in [0.15, 0.2) is 11.6 Å². The Kier molecular flexibility index (Phi) is 6.70. The van der Waals surface area contributed by atoms with E-state index < -0.39 is 0 Å². The van der Waals surface area contributed by atoms with Gasteiger partial charge in [0.05, 0.1) is 18.9 Å². The summed E-state index contributed by atoms with van der Waals surface area (Å²) in [4.78, 5) is 20.4. The van der Waals surface area contributed by atoms with E-state index in [-0.39, 0.29) is 34.8 Å². The number of methoxy groups -OCH3 is 1. The third-order valence-electron chi connectivity index (χ3n) is 4.05. The van der Waals surface area contributed by atoms with Crippen LogP contribution in [0, 0.1) is 17.8 Å². The van der Waals surface area contributed by atoms with Crippen LogP contribution >= 0.6 is 0 Å². The van der Waals surface area contributed by atoms with Crippen LogP contribution in [0.25, 0.3) is 0 Å². The van der Waals surface area contributed by atoms with Crippen molar-refractivity contribution in [2.75, 3.05) is 18.2 Å². The molecule has 0 fully saturated rings. The number of nitrogens with one attached hydrogen (secondary N) is 1. The number of benzene rings is 1. The summed E-state index contributed by atoms with van der Waals surface area (Å²) >= 11 is 0. The van der Waals surface area contributed by atoms with Crippen molar-refractivity contribution in [1.82, 2.24) is 9.97 Å². The first kappa shape index (κ1) is 22.0. The van der Waals surface area contributed by atoms with Crippen LogP contribution in [-0.2, 0) is 4.79 Å². The van der Waals surface area contributed by atoms with Crippen molar-refractivity contribution >= 4 is 17.7 Å². The number of anilines is 2. The third-order valence-corrected chi connectivity index (χ3v) is 4.05. The highest BCUT2D eigenvalue weighted by Gasteiger charge is 2.18. The smallest absolute Gasteiger partial charge is 0.231 e. The van der Waals surface area contributed by atoms with E-state index in [0.29, 0.717) is 23.5 Å². The third kappa shape index (κ3) is 5.85. The number of terminal acetylenes is 1. The molecule has 0 aliphatic carbocycles. The zero-order valence-corrected chi connectivity index (χ0v) is 17.8. The van der Waals surface area contributed by atoms with Gasteiger partial charge in [0.25, 0.3) is 0 Å². The quantitative estimate of drug-likeness (QED) is 0.705. The summed E-state index contributed by atoms with van der Waals surface area (Å²) in [6, 6.07) is 3.58. The van der Waals surface area contributed by atoms with Crippen molar-refractivity contribution < 1.29 is 14.3 Å². The summed E-state index contributed by atoms with van der Waals surface area (Å²) in [6.45, 7) is 9.99. The van der Waals surface area contributed by atoms with E-state index in [2.05, 4.69) is 21.2 Å². The molecule has 1 heterocycles. The largest absolute Gasteiger partial charge is 0.495 e. The first-order chi connectivity index (χ1) is 13.5. The maximum Gasteiger partial charge on any atom is 0.231 e. The average molecular weight is 396 g/mol. The van der Waals surface area contributed by atoms with Gasteiger partial charge in [-0.15, -0.1) is 6.42 Å². The van der Waals surface area contributed by atoms with Crippen LogP contribution in [0.3, 0.4) is 0 Å². The van der Waals surface area contributed by atoms with E-state index in [1.165, 1.54) is 6.20 Å². The van der Waals surface area contributed by atoms with Crippen molar-refractivity contribution in [3.8, 4) is 29.6 Å². The number of nitrogens with two attached hydrogens (primary N) is 1. The number of hydrogen-bond donors (Lipinski definition) is 2. The lowest BCUT2D eigenvalue weighted by molar-refractivity contribution is -0.117. The second-order valence-electron chi connectivity index (χ2n) is 8.22. The second-order valence-corrected chi connectivity index (χ2v) is 8.22. The van der Waals surface area contributed by atoms with Crippen molar-refractivity contribution in [2.45, 2.75) is 47.0 Å². The maximum atomic E-state index is 12.1. The molecule has 29 heavy (non-hydrogen) atoms. The van der Waals surface area contributed by atoms with Gasteiger partial charge < -0.3 is 15.2 Å². The first-order valence-corrected chi connectivity index (χ1v) is 9.32. The van der Waals surface area contributed by atoms with Crippen LogP contribution < -0.4 is 20.5 Å². The normalized spacial score (nSPS) is 11.1. The molecule has 0 unspecified atom stereocenters. The van der Waals surface area contributed by atoms with Crippen LogP contribution in [0.15, 0.2) is 18.3 Å². The first-order valence-electron chi connectivity index (χ1n) is 9.32. The number of carbonyl (C=O) groups is 1. The summed E-state index contributed by atoms with van der Waals surface area (Å²) in [5, 5.41) is 2.65. The maximum absolute atomic E-state index is 12.1. The monoisotopic (exact) mass is 396 g/mol. The molecule has 0 aliphatic heterocycles. The Morgan fingerprint density at radius 3 is 2.48 bits per heavy atom. The summed E-state index contributed by atoms with van der Waals surface area (Å²) in [6.07, 6.45) is 7.35. The van der Waals surface area contributed by atoms with Crippen LogP contribution in [0.2, 0.25) is 0 Å². The number of ether oxygens (including phenoxy) is 2. The fourth-order valence-electron chi connectivity index (χ4n) is 2.69. The number of rotatable bonds is 6. The highest BCUT2D eigenvalue weighted by Crippen LogP contribution is 2.37. The second kappa shape index (κ2) is 8.82. The minimum Gasteiger partial charge on any atom is -0.495 e. The van der Waals surface area contributed by atoms with Gasteiger partial charge in [-0.2, -0.15) is 4.98 Å². The Balaban J connectivity index is 2.29. The standard InChI is InChI=1S/C22H28N4O3/c1-8-14-9-17(15(13(2)3)10-16(14)28-7)29-18-12-24-21(26-20(18)23)25-19(27)11-22(4,5)6/h1,9-10,12-13H,11H2,2-7H3,(H3,23,24,25,26,27). The van der Waals surface area contributed by atoms with Gasteiger partial charge in [0, 0.05) is 18.1 Å². The molecule has 0 saturated heterocycles. The Labute approximate surface area is 172 Å². The van der Waals surface area contributed by atoms with Crippen LogP contribution in [0.1, 0.15) is 58.1 Å². The van der Waals surface area contributed by atoms with E-state index in [9.17, 15) is 4.79 Å². The molecule has 154 valence electrons. The fraction of sp³-hybridized carbons (Fsp3) is 0.409. The van der Waals surface area contributed by atoms with E-state index in [0.717, 1.165) is 5.56 Å². The van der Waals surface area contributed by atoms with Crippen molar-refractivity contribution in [3.63, 3.8) is 0 Å². The van der Waals surface area contributed by atoms with Gasteiger partial charge in [-0.25, -0.2) is 4.98 Å². The number of carbonyl (C=O) groups excluding carboxylic acids is 1. The highest BCUT2D eigenvalue weighted by atomic mass is 16.5. The molecule has 0 saturated carbocycles. The molecule has 0 atom stereocenters. The molecule has 1 amide bonds. The summed E-state index contributed by atoms with van der Waals surface area (Å²) in [5.41, 5.74) is 7.36. The number of nitrogen functional groups attached to an aromatic ring is 1. The van der Waals surface area contributed by atoms with Crippen LogP contribution in [0.5, 0.6) is 17.2 Å². The minimum absolute atomic E-state index is 0.110. The molecule has 1 aromatic heterocycles. The Bertz CT molecular complexity index is 940. The molecular weight excluding hydrogens is 368 g/mol. The van der Waals surface area contributed by atoms with Gasteiger partial charge in [-0.1, -0.05) is 40.5 Å². The minimum atomic E-state index is -0.179. The molecule has 7 nitrogen and oxygen atoms in total. The Morgan fingerprint density at radius 1 is 1.28 bits per heavy atom. The topological polar surface area (TPSA) is 99.4 Å². The van der Waals surface area contributed by atoms with Crippen molar-refractivity contribution in [3.05, 3.63) is 29.5 Å². The molecular formula is C22H28N4O3. The Hall–Kier alpha value is -3.27. The molecule has 3 N–H and O–H groups in total. The van der Waals surface area contributed by atoms with Crippen molar-refractivity contribution in [1.29, 1.82) is 0 Å². The van der Waals surface area contributed by atoms with Gasteiger partial charge in [-0.3, -0.25) is 10.1 Å². The van der Waals surface area contributed by atoms with E-state index in [1.807, 2.05) is 40.7 Å². The lowest BCUT2D eigenvalue weighted by atomic mass is 9.92. The van der Waals surface area contributed by atoms with Gasteiger partial charge in [0.2, 0.25) is 11.9 Å². The zero-order chi connectivity index (χ0) is 21.8. The van der Waals surface area contributed by atoms with E-state index in [1.54, 1.807) is 13.2 Å². The van der Waals surface area contributed by atoms with Crippen LogP contribution in [-0.4, -0.2) is 23.0 Å².